The van der Waals surface area contributed by atoms with Gasteiger partial charge in [-0.1, -0.05) is 12.2 Å². The van der Waals surface area contributed by atoms with Crippen LogP contribution in [-0.4, -0.2) is 15.7 Å². The molecule has 1 N–H and O–H groups in total. The Morgan fingerprint density at radius 3 is 3.07 bits per heavy atom. The molecule has 1 aromatic carbocycles. The Labute approximate surface area is 89.8 Å². The van der Waals surface area contributed by atoms with E-state index in [9.17, 15) is 10.1 Å². The molecule has 0 saturated heterocycles. The molecule has 0 aromatic heterocycles. The first-order valence-electron chi connectivity index (χ1n) is 3.88. The molecule has 0 spiro atoms. The van der Waals surface area contributed by atoms with Crippen molar-refractivity contribution in [3.8, 4) is 0 Å². The summed E-state index contributed by atoms with van der Waals surface area (Å²) in [6.45, 7) is 0. The molecule has 1 aliphatic heterocycles. The molecule has 0 radical (unpaired) electrons. The van der Waals surface area contributed by atoms with Gasteiger partial charge in [0, 0.05) is 22.8 Å². The van der Waals surface area contributed by atoms with Gasteiger partial charge in [-0.05, 0) is 6.07 Å². The Kier molecular flexibility index (Phi) is 2.39. The van der Waals surface area contributed by atoms with Crippen molar-refractivity contribution >= 4 is 40.3 Å². The van der Waals surface area contributed by atoms with E-state index in [2.05, 4.69) is 5.32 Å². The summed E-state index contributed by atoms with van der Waals surface area (Å²) in [5.41, 5.74) is 0.975. The van der Waals surface area contributed by atoms with Crippen molar-refractivity contribution in [1.29, 1.82) is 0 Å². The normalized spacial score (nSPS) is 14.4. The Morgan fingerprint density at radius 2 is 2.36 bits per heavy atom. The Balaban J connectivity index is 2.41. The number of thiocarbonyl (C=S) groups is 1. The van der Waals surface area contributed by atoms with Crippen LogP contribution in [0.25, 0.3) is 0 Å². The van der Waals surface area contributed by atoms with E-state index in [1.54, 1.807) is 12.1 Å². The van der Waals surface area contributed by atoms with E-state index in [0.717, 1.165) is 15.6 Å². The minimum atomic E-state index is -0.395. The Morgan fingerprint density at radius 1 is 1.57 bits per heavy atom. The fourth-order valence-corrected chi connectivity index (χ4v) is 2.30. The highest BCUT2D eigenvalue weighted by Crippen LogP contribution is 2.34. The van der Waals surface area contributed by atoms with Crippen molar-refractivity contribution in [3.05, 3.63) is 28.3 Å². The minimum Gasteiger partial charge on any atom is -0.348 e. The Bertz CT molecular complexity index is 420. The highest BCUT2D eigenvalue weighted by Gasteiger charge is 2.16. The zero-order valence-electron chi connectivity index (χ0n) is 7.02. The fraction of sp³-hybridized carbons (Fsp3) is 0.125. The number of benzene rings is 1. The van der Waals surface area contributed by atoms with E-state index < -0.39 is 4.92 Å². The first-order valence-corrected chi connectivity index (χ1v) is 5.27. The van der Waals surface area contributed by atoms with E-state index >= 15 is 0 Å². The van der Waals surface area contributed by atoms with Crippen molar-refractivity contribution in [3.63, 3.8) is 0 Å². The number of nitro benzene ring substituents is 1. The van der Waals surface area contributed by atoms with Crippen LogP contribution in [0.15, 0.2) is 23.1 Å². The summed E-state index contributed by atoms with van der Waals surface area (Å²) in [6.07, 6.45) is 0. The van der Waals surface area contributed by atoms with Crippen molar-refractivity contribution in [2.75, 3.05) is 11.1 Å². The summed E-state index contributed by atoms with van der Waals surface area (Å²) in [4.78, 5) is 11.7. The van der Waals surface area contributed by atoms with Gasteiger partial charge in [0.25, 0.3) is 5.69 Å². The van der Waals surface area contributed by atoms with Gasteiger partial charge in [-0.15, -0.1) is 11.8 Å². The third-order valence-corrected chi connectivity index (χ3v) is 3.32. The molecule has 0 bridgehead atoms. The number of thioether (sulfide) groups is 1. The van der Waals surface area contributed by atoms with Crippen LogP contribution in [0.2, 0.25) is 0 Å². The van der Waals surface area contributed by atoms with E-state index in [4.69, 9.17) is 12.2 Å². The number of nitrogens with zero attached hydrogens (tertiary/aromatic N) is 1. The van der Waals surface area contributed by atoms with Gasteiger partial charge in [0.05, 0.1) is 15.6 Å². The number of anilines is 1. The van der Waals surface area contributed by atoms with Crippen LogP contribution in [0, 0.1) is 10.1 Å². The van der Waals surface area contributed by atoms with E-state index in [1.165, 1.54) is 17.8 Å². The number of non-ortho nitro benzene ring substituents is 1. The second-order valence-corrected chi connectivity index (χ2v) is 4.28. The lowest BCUT2D eigenvalue weighted by Crippen LogP contribution is -2.16. The molecule has 0 atom stereocenters. The van der Waals surface area contributed by atoms with Crippen LogP contribution in [0.4, 0.5) is 11.4 Å². The quantitative estimate of drug-likeness (QED) is 0.453. The molecule has 4 nitrogen and oxygen atoms in total. The summed E-state index contributed by atoms with van der Waals surface area (Å²) in [5.74, 6) is 0.684. The first-order chi connectivity index (χ1) is 6.66. The van der Waals surface area contributed by atoms with Crippen LogP contribution < -0.4 is 5.32 Å². The first kappa shape index (κ1) is 9.42. The number of nitro groups is 1. The average Bonchev–Trinajstić information content (AvgIpc) is 2.16. The lowest BCUT2D eigenvalue weighted by Gasteiger charge is -2.17. The second kappa shape index (κ2) is 3.55. The van der Waals surface area contributed by atoms with Gasteiger partial charge in [0.1, 0.15) is 0 Å². The monoisotopic (exact) mass is 226 g/mol. The summed E-state index contributed by atoms with van der Waals surface area (Å²) < 4.78 is 0. The van der Waals surface area contributed by atoms with Gasteiger partial charge in [-0.25, -0.2) is 0 Å². The molecule has 0 fully saturated rings. The van der Waals surface area contributed by atoms with Gasteiger partial charge < -0.3 is 5.32 Å². The molecule has 1 aliphatic rings. The van der Waals surface area contributed by atoms with Crippen molar-refractivity contribution in [1.82, 2.24) is 0 Å². The predicted molar refractivity (Wildman–Crippen MR) is 60.0 cm³/mol. The van der Waals surface area contributed by atoms with Crippen molar-refractivity contribution in [2.24, 2.45) is 0 Å². The van der Waals surface area contributed by atoms with Gasteiger partial charge in [-0.3, -0.25) is 10.1 Å². The predicted octanol–water partition coefficient (Wildman–Crippen LogP) is 2.44. The maximum Gasteiger partial charge on any atom is 0.270 e. The number of hydrogen-bond donors (Lipinski definition) is 1. The molecule has 6 heteroatoms. The summed E-state index contributed by atoms with van der Waals surface area (Å²) in [5, 5.41) is 13.5. The smallest absolute Gasteiger partial charge is 0.270 e. The number of fused-ring (bicyclic) bond motifs is 1. The average molecular weight is 226 g/mol. The summed E-state index contributed by atoms with van der Waals surface area (Å²) in [6, 6.07) is 4.72. The molecule has 0 amide bonds. The lowest BCUT2D eigenvalue weighted by atomic mass is 10.3. The molecular weight excluding hydrogens is 220 g/mol. The highest BCUT2D eigenvalue weighted by molar-refractivity contribution is 8.01. The number of rotatable bonds is 1. The van der Waals surface area contributed by atoms with Gasteiger partial charge in [-0.2, -0.15) is 0 Å². The maximum absolute atomic E-state index is 10.5. The summed E-state index contributed by atoms with van der Waals surface area (Å²) in [7, 11) is 0. The van der Waals surface area contributed by atoms with Gasteiger partial charge in [0.2, 0.25) is 0 Å². The standard InChI is InChI=1S/C8H6N2O2S2/c11-10(12)5-1-2-6-7(3-5)14-4-8(13)9-6/h1-3H,4H2,(H,9,13). The van der Waals surface area contributed by atoms with Crippen LogP contribution in [0.5, 0.6) is 0 Å². The fourth-order valence-electron chi connectivity index (χ4n) is 1.18. The second-order valence-electron chi connectivity index (χ2n) is 2.77. The van der Waals surface area contributed by atoms with Crippen molar-refractivity contribution in [2.45, 2.75) is 4.90 Å². The summed E-state index contributed by atoms with van der Waals surface area (Å²) >= 11 is 6.52. The molecule has 1 heterocycles. The zero-order valence-corrected chi connectivity index (χ0v) is 8.65. The van der Waals surface area contributed by atoms with Gasteiger partial charge >= 0.3 is 0 Å². The van der Waals surface area contributed by atoms with Crippen LogP contribution >= 0.6 is 24.0 Å². The SMILES string of the molecule is O=[N+]([O-])c1ccc2c(c1)SCC(=S)N2. The van der Waals surface area contributed by atoms with Crippen LogP contribution in [0.1, 0.15) is 0 Å². The molecule has 0 aliphatic carbocycles. The Hall–Kier alpha value is -1.14. The molecule has 72 valence electrons. The molecular formula is C8H6N2O2S2. The number of hydrogen-bond acceptors (Lipinski definition) is 4. The molecule has 0 unspecified atom stereocenters. The largest absolute Gasteiger partial charge is 0.348 e. The van der Waals surface area contributed by atoms with Crippen LogP contribution in [0.3, 0.4) is 0 Å². The number of nitrogens with one attached hydrogen (secondary N) is 1. The highest BCUT2D eigenvalue weighted by atomic mass is 32.2. The minimum absolute atomic E-state index is 0.117. The van der Waals surface area contributed by atoms with E-state index in [0.29, 0.717) is 5.75 Å². The van der Waals surface area contributed by atoms with Gasteiger partial charge in [0.15, 0.2) is 0 Å². The van der Waals surface area contributed by atoms with E-state index in [1.807, 2.05) is 0 Å². The molecule has 2 rings (SSSR count). The van der Waals surface area contributed by atoms with E-state index in [-0.39, 0.29) is 5.69 Å². The third-order valence-electron chi connectivity index (χ3n) is 1.81. The van der Waals surface area contributed by atoms with Crippen molar-refractivity contribution < 1.29 is 4.92 Å². The maximum atomic E-state index is 10.5. The molecule has 1 aromatic rings. The zero-order chi connectivity index (χ0) is 10.1. The molecule has 14 heavy (non-hydrogen) atoms. The third kappa shape index (κ3) is 1.71. The van der Waals surface area contributed by atoms with Crippen LogP contribution in [-0.2, 0) is 0 Å². The topological polar surface area (TPSA) is 55.2 Å². The molecule has 0 saturated carbocycles. The lowest BCUT2D eigenvalue weighted by molar-refractivity contribution is -0.385.